The number of hydrogen-bond acceptors (Lipinski definition) is 7. The molecule has 0 radical (unpaired) electrons. The Morgan fingerprint density at radius 1 is 0.615 bits per heavy atom. The number of carboxylic acid groups (broad SMARTS) is 2. The first-order valence-corrected chi connectivity index (χ1v) is 11.5. The molecule has 4 aromatic carbocycles. The summed E-state index contributed by atoms with van der Waals surface area (Å²) in [5, 5.41) is 18.8. The third-order valence-electron chi connectivity index (χ3n) is 5.63. The van der Waals surface area contributed by atoms with Crippen molar-refractivity contribution in [2.24, 2.45) is 0 Å². The van der Waals surface area contributed by atoms with Crippen molar-refractivity contribution >= 4 is 29.8 Å². The fourth-order valence-electron chi connectivity index (χ4n) is 3.66. The maximum absolute atomic E-state index is 13.1. The normalized spacial score (nSPS) is 10.4. The fraction of sp³-hybridized carbons (Fsp3) is 0.0333. The first kappa shape index (κ1) is 26.5. The third-order valence-corrected chi connectivity index (χ3v) is 5.63. The summed E-state index contributed by atoms with van der Waals surface area (Å²) >= 11 is 0. The van der Waals surface area contributed by atoms with E-state index in [1.54, 1.807) is 12.1 Å². The molecular formula is C30H20O9. The molecule has 0 bridgehead atoms. The first-order valence-electron chi connectivity index (χ1n) is 11.5. The molecule has 0 fully saturated rings. The summed E-state index contributed by atoms with van der Waals surface area (Å²) in [4.78, 5) is 58.8. The Morgan fingerprint density at radius 3 is 1.77 bits per heavy atom. The van der Waals surface area contributed by atoms with Gasteiger partial charge in [0, 0.05) is 22.3 Å². The summed E-state index contributed by atoms with van der Waals surface area (Å²) in [6.45, 7) is 1.42. The van der Waals surface area contributed by atoms with E-state index in [-0.39, 0.29) is 45.1 Å². The van der Waals surface area contributed by atoms with Crippen LogP contribution in [0.5, 0.6) is 23.0 Å². The molecule has 0 heterocycles. The number of aromatic carboxylic acids is 2. The fourth-order valence-corrected chi connectivity index (χ4v) is 3.66. The monoisotopic (exact) mass is 524 g/mol. The largest absolute Gasteiger partial charge is 0.478 e. The van der Waals surface area contributed by atoms with E-state index in [9.17, 15) is 34.2 Å². The van der Waals surface area contributed by atoms with E-state index in [0.717, 1.165) is 0 Å². The summed E-state index contributed by atoms with van der Waals surface area (Å²) in [5.74, 6) is -2.32. The maximum atomic E-state index is 13.1. The molecule has 2 N–H and O–H groups in total. The minimum atomic E-state index is -1.24. The lowest BCUT2D eigenvalue weighted by Gasteiger charge is -2.11. The molecule has 0 aromatic heterocycles. The smallest absolute Gasteiger partial charge is 0.339 e. The van der Waals surface area contributed by atoms with E-state index in [4.69, 9.17) is 9.47 Å². The van der Waals surface area contributed by atoms with Gasteiger partial charge in [-0.2, -0.15) is 0 Å². The Bertz CT molecular complexity index is 1600. The van der Waals surface area contributed by atoms with Crippen LogP contribution in [0.3, 0.4) is 0 Å². The zero-order valence-electron chi connectivity index (χ0n) is 20.4. The van der Waals surface area contributed by atoms with Crippen LogP contribution < -0.4 is 9.47 Å². The van der Waals surface area contributed by atoms with Gasteiger partial charge in [0.2, 0.25) is 0 Å². The van der Waals surface area contributed by atoms with Crippen LogP contribution in [-0.2, 0) is 0 Å². The van der Waals surface area contributed by atoms with Gasteiger partial charge in [0.1, 0.15) is 34.8 Å². The Hall–Kier alpha value is -5.57. The van der Waals surface area contributed by atoms with Crippen LogP contribution in [0.15, 0.2) is 84.9 Å². The number of benzene rings is 4. The molecule has 9 heteroatoms. The molecule has 0 saturated carbocycles. The highest BCUT2D eigenvalue weighted by Crippen LogP contribution is 2.29. The Balaban J connectivity index is 1.56. The van der Waals surface area contributed by atoms with Crippen LogP contribution in [0.4, 0.5) is 0 Å². The number of aldehydes is 1. The molecule has 0 unspecified atom stereocenters. The van der Waals surface area contributed by atoms with Gasteiger partial charge in [-0.05, 0) is 91.9 Å². The number of carbonyl (C=O) groups is 5. The van der Waals surface area contributed by atoms with Crippen LogP contribution >= 0.6 is 0 Å². The molecule has 9 nitrogen and oxygen atoms in total. The highest BCUT2D eigenvalue weighted by atomic mass is 16.5. The topological polar surface area (TPSA) is 144 Å². The molecule has 0 aliphatic carbocycles. The van der Waals surface area contributed by atoms with Gasteiger partial charge in [-0.3, -0.25) is 14.4 Å². The van der Waals surface area contributed by atoms with Crippen molar-refractivity contribution in [2.75, 3.05) is 0 Å². The lowest BCUT2D eigenvalue weighted by Crippen LogP contribution is -2.05. The van der Waals surface area contributed by atoms with Gasteiger partial charge in [-0.25, -0.2) is 9.59 Å². The number of hydrogen-bond donors (Lipinski definition) is 2. The van der Waals surface area contributed by atoms with Gasteiger partial charge in [0.15, 0.2) is 11.6 Å². The van der Waals surface area contributed by atoms with E-state index >= 15 is 0 Å². The summed E-state index contributed by atoms with van der Waals surface area (Å²) < 4.78 is 11.4. The van der Waals surface area contributed by atoms with Gasteiger partial charge in [-0.15, -0.1) is 0 Å². The minimum Gasteiger partial charge on any atom is -0.478 e. The number of carbonyl (C=O) groups excluding carboxylic acids is 3. The highest BCUT2D eigenvalue weighted by Gasteiger charge is 2.18. The van der Waals surface area contributed by atoms with Crippen molar-refractivity contribution in [1.82, 2.24) is 0 Å². The van der Waals surface area contributed by atoms with Gasteiger partial charge in [0.25, 0.3) is 0 Å². The van der Waals surface area contributed by atoms with Crippen molar-refractivity contribution in [3.05, 3.63) is 118 Å². The second-order valence-electron chi connectivity index (χ2n) is 8.37. The predicted molar refractivity (Wildman–Crippen MR) is 139 cm³/mol. The molecule has 39 heavy (non-hydrogen) atoms. The molecule has 0 atom stereocenters. The molecule has 0 aliphatic rings. The van der Waals surface area contributed by atoms with Crippen LogP contribution in [-0.4, -0.2) is 40.0 Å². The second-order valence-corrected chi connectivity index (χ2v) is 8.37. The molecule has 4 rings (SSSR count). The lowest BCUT2D eigenvalue weighted by atomic mass is 10.0. The first-order chi connectivity index (χ1) is 18.6. The summed E-state index contributed by atoms with van der Waals surface area (Å²) in [5.41, 5.74) is 0.789. The molecule has 0 amide bonds. The number of rotatable bonds is 10. The van der Waals surface area contributed by atoms with Crippen molar-refractivity contribution in [2.45, 2.75) is 6.92 Å². The maximum Gasteiger partial charge on any atom is 0.339 e. The van der Waals surface area contributed by atoms with E-state index in [0.29, 0.717) is 23.3 Å². The molecule has 0 saturated heterocycles. The number of ether oxygens (including phenoxy) is 2. The quantitative estimate of drug-likeness (QED) is 0.191. The number of ketones is 2. The molecule has 0 spiro atoms. The summed E-state index contributed by atoms with van der Waals surface area (Å²) in [6, 6.07) is 20.0. The zero-order valence-corrected chi connectivity index (χ0v) is 20.4. The molecule has 4 aromatic rings. The number of Topliss-reactive ketones (excluding diaryl/α,β-unsaturated/α-hetero) is 1. The summed E-state index contributed by atoms with van der Waals surface area (Å²) in [6.07, 6.45) is 0.510. The van der Waals surface area contributed by atoms with Crippen molar-refractivity contribution in [3.63, 3.8) is 0 Å². The second kappa shape index (κ2) is 11.2. The molecule has 194 valence electrons. The van der Waals surface area contributed by atoms with Gasteiger partial charge in [0.05, 0.1) is 5.56 Å². The van der Waals surface area contributed by atoms with Crippen LogP contribution in [0.1, 0.15) is 64.3 Å². The standard InChI is InChI=1S/C30H20O9/c1-17(32)19-2-7-24(8-3-19)39-27-15-21(6-11-26(27)30(36)37)28(33)20-4-9-23(10-5-20)38-25-13-18(16-31)12-22(14-25)29(34)35/h2-16H,1H3,(H,34,35)(H,36,37). The average Bonchev–Trinajstić information content (AvgIpc) is 2.93. The summed E-state index contributed by atoms with van der Waals surface area (Å²) in [7, 11) is 0. The van der Waals surface area contributed by atoms with Crippen molar-refractivity contribution < 1.29 is 43.7 Å². The van der Waals surface area contributed by atoms with E-state index in [1.807, 2.05) is 0 Å². The van der Waals surface area contributed by atoms with Gasteiger partial charge in [-0.1, -0.05) is 0 Å². The Morgan fingerprint density at radius 2 is 1.21 bits per heavy atom. The Kier molecular flexibility index (Phi) is 7.62. The van der Waals surface area contributed by atoms with Crippen LogP contribution in [0.2, 0.25) is 0 Å². The van der Waals surface area contributed by atoms with Crippen LogP contribution in [0, 0.1) is 0 Å². The molecular weight excluding hydrogens is 504 g/mol. The third kappa shape index (κ3) is 6.23. The van der Waals surface area contributed by atoms with Crippen LogP contribution in [0.25, 0.3) is 0 Å². The van der Waals surface area contributed by atoms with E-state index in [2.05, 4.69) is 0 Å². The van der Waals surface area contributed by atoms with E-state index in [1.165, 1.54) is 79.7 Å². The highest BCUT2D eigenvalue weighted by molar-refractivity contribution is 6.10. The number of carboxylic acids is 2. The predicted octanol–water partition coefficient (Wildman–Crippen LogP) is 5.91. The van der Waals surface area contributed by atoms with Crippen molar-refractivity contribution in [1.29, 1.82) is 0 Å². The van der Waals surface area contributed by atoms with Gasteiger partial charge >= 0.3 is 11.9 Å². The van der Waals surface area contributed by atoms with E-state index < -0.39 is 17.7 Å². The van der Waals surface area contributed by atoms with Crippen molar-refractivity contribution in [3.8, 4) is 23.0 Å². The lowest BCUT2D eigenvalue weighted by molar-refractivity contribution is 0.0684. The average molecular weight is 524 g/mol. The van der Waals surface area contributed by atoms with Gasteiger partial charge < -0.3 is 19.7 Å². The molecule has 0 aliphatic heterocycles. The minimum absolute atomic E-state index is 0.0480. The zero-order chi connectivity index (χ0) is 28.1. The SMILES string of the molecule is CC(=O)c1ccc(Oc2cc(C(=O)c3ccc(Oc4cc(C=O)cc(C(=O)O)c4)cc3)ccc2C(=O)O)cc1. The Labute approximate surface area is 221 Å².